The van der Waals surface area contributed by atoms with Gasteiger partial charge >= 0.3 is 0 Å². The van der Waals surface area contributed by atoms with E-state index in [2.05, 4.69) is 13.8 Å². The monoisotopic (exact) mass is 352 g/mol. The highest BCUT2D eigenvalue weighted by Crippen LogP contribution is 2.14. The molecule has 0 unspecified atom stereocenters. The van der Waals surface area contributed by atoms with Gasteiger partial charge in [-0.25, -0.2) is 8.42 Å². The molecule has 0 bridgehead atoms. The van der Waals surface area contributed by atoms with Gasteiger partial charge in [0.05, 0.1) is 5.75 Å². The molecule has 1 heterocycles. The number of hydrogen-bond donors (Lipinski definition) is 0. The molecule has 0 saturated carbocycles. The average molecular weight is 353 g/mol. The molecule has 0 N–H and O–H groups in total. The molecule has 1 aliphatic rings. The Morgan fingerprint density at radius 3 is 2.17 bits per heavy atom. The van der Waals surface area contributed by atoms with Crippen LogP contribution in [0.2, 0.25) is 0 Å². The Morgan fingerprint density at radius 2 is 1.67 bits per heavy atom. The van der Waals surface area contributed by atoms with Gasteiger partial charge in [0.2, 0.25) is 10.0 Å². The van der Waals surface area contributed by atoms with Gasteiger partial charge in [-0.2, -0.15) is 4.31 Å². The second kappa shape index (κ2) is 8.12. The Hall–Kier alpha value is -1.40. The van der Waals surface area contributed by atoms with Crippen molar-refractivity contribution in [1.82, 2.24) is 9.21 Å². The molecule has 1 amide bonds. The van der Waals surface area contributed by atoms with Crippen LogP contribution in [0.5, 0.6) is 0 Å². The van der Waals surface area contributed by atoms with Crippen LogP contribution in [-0.2, 0) is 16.4 Å². The third-order valence-corrected chi connectivity index (χ3v) is 6.30. The van der Waals surface area contributed by atoms with Crippen LogP contribution in [0.3, 0.4) is 0 Å². The molecule has 0 aromatic heterocycles. The Morgan fingerprint density at radius 1 is 1.08 bits per heavy atom. The van der Waals surface area contributed by atoms with Crippen molar-refractivity contribution in [3.05, 3.63) is 35.4 Å². The van der Waals surface area contributed by atoms with E-state index in [1.165, 1.54) is 9.87 Å². The molecule has 1 fully saturated rings. The zero-order valence-corrected chi connectivity index (χ0v) is 15.7. The minimum Gasteiger partial charge on any atom is -0.336 e. The molecule has 1 aromatic rings. The van der Waals surface area contributed by atoms with E-state index in [0.717, 1.165) is 6.42 Å². The van der Waals surface area contributed by atoms with E-state index in [9.17, 15) is 13.2 Å². The second-order valence-electron chi connectivity index (χ2n) is 6.80. The fourth-order valence-corrected chi connectivity index (χ4v) is 4.49. The third kappa shape index (κ3) is 4.80. The number of sulfonamides is 1. The van der Waals surface area contributed by atoms with Crippen LogP contribution in [-0.4, -0.2) is 55.5 Å². The standard InChI is InChI=1S/C18H28N2O3S/c1-4-13-24(22,23)20-11-9-19(10-12-20)18(21)17-7-5-16(6-8-17)14-15(2)3/h5-8,15H,4,9-14H2,1-3H3. The number of piperazine rings is 1. The summed E-state index contributed by atoms with van der Waals surface area (Å²) in [4.78, 5) is 14.3. The van der Waals surface area contributed by atoms with Crippen molar-refractivity contribution in [3.63, 3.8) is 0 Å². The number of hydrogen-bond acceptors (Lipinski definition) is 3. The molecule has 1 aromatic carbocycles. The van der Waals surface area contributed by atoms with E-state index >= 15 is 0 Å². The lowest BCUT2D eigenvalue weighted by atomic mass is 10.0. The van der Waals surface area contributed by atoms with Crippen LogP contribution < -0.4 is 0 Å². The first-order valence-electron chi connectivity index (χ1n) is 8.69. The van der Waals surface area contributed by atoms with Crippen LogP contribution in [0.1, 0.15) is 43.1 Å². The predicted molar refractivity (Wildman–Crippen MR) is 96.5 cm³/mol. The zero-order valence-electron chi connectivity index (χ0n) is 14.9. The van der Waals surface area contributed by atoms with Crippen molar-refractivity contribution in [3.8, 4) is 0 Å². The van der Waals surface area contributed by atoms with Crippen LogP contribution >= 0.6 is 0 Å². The summed E-state index contributed by atoms with van der Waals surface area (Å²) in [6.07, 6.45) is 1.62. The quantitative estimate of drug-likeness (QED) is 0.790. The average Bonchev–Trinajstić information content (AvgIpc) is 2.54. The van der Waals surface area contributed by atoms with Gasteiger partial charge in [0.1, 0.15) is 0 Å². The summed E-state index contributed by atoms with van der Waals surface area (Å²) in [5.74, 6) is 0.751. The highest BCUT2D eigenvalue weighted by Gasteiger charge is 2.28. The zero-order chi connectivity index (χ0) is 17.7. The molecule has 24 heavy (non-hydrogen) atoms. The van der Waals surface area contributed by atoms with Crippen molar-refractivity contribution in [1.29, 1.82) is 0 Å². The third-order valence-electron chi connectivity index (χ3n) is 4.23. The molecule has 0 spiro atoms. The van der Waals surface area contributed by atoms with Crippen molar-refractivity contribution in [2.45, 2.75) is 33.6 Å². The number of carbonyl (C=O) groups is 1. The molecule has 2 rings (SSSR count). The summed E-state index contributed by atoms with van der Waals surface area (Å²) in [5, 5.41) is 0. The van der Waals surface area contributed by atoms with E-state index in [0.29, 0.717) is 44.1 Å². The van der Waals surface area contributed by atoms with Gasteiger partial charge in [0, 0.05) is 31.7 Å². The van der Waals surface area contributed by atoms with Crippen LogP contribution in [0.4, 0.5) is 0 Å². The Bertz CT molecular complexity index is 645. The van der Waals surface area contributed by atoms with Crippen molar-refractivity contribution < 1.29 is 13.2 Å². The molecule has 0 radical (unpaired) electrons. The Balaban J connectivity index is 1.95. The van der Waals surface area contributed by atoms with Gasteiger partial charge in [-0.15, -0.1) is 0 Å². The molecule has 0 atom stereocenters. The topological polar surface area (TPSA) is 57.7 Å². The molecule has 1 aliphatic heterocycles. The van der Waals surface area contributed by atoms with Crippen molar-refractivity contribution >= 4 is 15.9 Å². The highest BCUT2D eigenvalue weighted by atomic mass is 32.2. The maximum atomic E-state index is 12.6. The lowest BCUT2D eigenvalue weighted by Crippen LogP contribution is -2.51. The maximum Gasteiger partial charge on any atom is 0.253 e. The summed E-state index contributed by atoms with van der Waals surface area (Å²) in [7, 11) is -3.17. The van der Waals surface area contributed by atoms with Crippen molar-refractivity contribution in [2.75, 3.05) is 31.9 Å². The van der Waals surface area contributed by atoms with Crippen LogP contribution in [0.15, 0.2) is 24.3 Å². The van der Waals surface area contributed by atoms with Gasteiger partial charge in [0.25, 0.3) is 5.91 Å². The number of amides is 1. The second-order valence-corrected chi connectivity index (χ2v) is 8.89. The molecule has 1 saturated heterocycles. The molecule has 0 aliphatic carbocycles. The number of benzene rings is 1. The summed E-state index contributed by atoms with van der Waals surface area (Å²) in [6, 6.07) is 7.77. The van der Waals surface area contributed by atoms with E-state index in [1.54, 1.807) is 4.90 Å². The summed E-state index contributed by atoms with van der Waals surface area (Å²) in [6.45, 7) is 7.89. The lowest BCUT2D eigenvalue weighted by molar-refractivity contribution is 0.0698. The Kier molecular flexibility index (Phi) is 6.40. The fourth-order valence-electron chi connectivity index (χ4n) is 2.99. The number of carbonyl (C=O) groups excluding carboxylic acids is 1. The maximum absolute atomic E-state index is 12.6. The normalized spacial score (nSPS) is 16.6. The largest absolute Gasteiger partial charge is 0.336 e. The molecule has 5 nitrogen and oxygen atoms in total. The Labute approximate surface area is 145 Å². The summed E-state index contributed by atoms with van der Waals surface area (Å²) in [5.41, 5.74) is 1.91. The van der Waals surface area contributed by atoms with Gasteiger partial charge in [-0.1, -0.05) is 32.9 Å². The molecular weight excluding hydrogens is 324 g/mol. The summed E-state index contributed by atoms with van der Waals surface area (Å²) < 4.78 is 25.7. The minimum absolute atomic E-state index is 0.0152. The first-order valence-corrected chi connectivity index (χ1v) is 10.3. The minimum atomic E-state index is -3.17. The van der Waals surface area contributed by atoms with Gasteiger partial charge in [-0.05, 0) is 36.5 Å². The number of nitrogens with zero attached hydrogens (tertiary/aromatic N) is 2. The van der Waals surface area contributed by atoms with E-state index < -0.39 is 10.0 Å². The number of rotatable bonds is 6. The first kappa shape index (κ1) is 18.9. The van der Waals surface area contributed by atoms with Gasteiger partial charge in [-0.3, -0.25) is 4.79 Å². The van der Waals surface area contributed by atoms with E-state index in [1.807, 2.05) is 31.2 Å². The van der Waals surface area contributed by atoms with E-state index in [4.69, 9.17) is 0 Å². The SMILES string of the molecule is CCCS(=O)(=O)N1CCN(C(=O)c2ccc(CC(C)C)cc2)CC1. The summed E-state index contributed by atoms with van der Waals surface area (Å²) >= 11 is 0. The fraction of sp³-hybridized carbons (Fsp3) is 0.611. The molecule has 134 valence electrons. The predicted octanol–water partition coefficient (Wildman–Crippen LogP) is 2.38. The highest BCUT2D eigenvalue weighted by molar-refractivity contribution is 7.89. The van der Waals surface area contributed by atoms with Crippen LogP contribution in [0.25, 0.3) is 0 Å². The van der Waals surface area contributed by atoms with Crippen LogP contribution in [0, 0.1) is 5.92 Å². The smallest absolute Gasteiger partial charge is 0.253 e. The van der Waals surface area contributed by atoms with Gasteiger partial charge < -0.3 is 4.90 Å². The van der Waals surface area contributed by atoms with Crippen molar-refractivity contribution in [2.24, 2.45) is 5.92 Å². The van der Waals surface area contributed by atoms with E-state index in [-0.39, 0.29) is 11.7 Å². The first-order chi connectivity index (χ1) is 11.3. The molecule has 6 heteroatoms. The van der Waals surface area contributed by atoms with Gasteiger partial charge in [0.15, 0.2) is 0 Å². The lowest BCUT2D eigenvalue weighted by Gasteiger charge is -2.34. The molecular formula is C18H28N2O3S.